The molecule has 1 amide bonds. The van der Waals surface area contributed by atoms with Crippen molar-refractivity contribution in [1.29, 1.82) is 0 Å². The molecule has 0 saturated carbocycles. The maximum absolute atomic E-state index is 10.2. The summed E-state index contributed by atoms with van der Waals surface area (Å²) in [6.07, 6.45) is 0. The second kappa shape index (κ2) is 2.61. The highest BCUT2D eigenvalue weighted by atomic mass is 32.1. The Balaban J connectivity index is 3.83. The molecule has 1 unspecified atom stereocenters. The van der Waals surface area contributed by atoms with Crippen LogP contribution >= 0.6 is 12.2 Å². The number of hydrogen-bond donors (Lipinski definition) is 2. The molecule has 0 aromatic carbocycles. The number of rotatable bonds is 2. The van der Waals surface area contributed by atoms with Gasteiger partial charge in [-0.2, -0.15) is 0 Å². The van der Waals surface area contributed by atoms with Gasteiger partial charge < -0.3 is 11.5 Å². The Bertz CT molecular complexity index is 109. The summed E-state index contributed by atoms with van der Waals surface area (Å²) in [6.45, 7) is 1.57. The molecule has 8 heavy (non-hydrogen) atoms. The Morgan fingerprint density at radius 3 is 2.00 bits per heavy atom. The molecule has 0 aliphatic rings. The molecule has 0 aromatic rings. The molecule has 0 saturated heterocycles. The van der Waals surface area contributed by atoms with Crippen LogP contribution in [0.1, 0.15) is 6.92 Å². The summed E-state index contributed by atoms with van der Waals surface area (Å²) in [5.41, 5.74) is 9.90. The summed E-state index contributed by atoms with van der Waals surface area (Å²) in [6, 6.07) is 0. The highest BCUT2D eigenvalue weighted by Crippen LogP contribution is 1.90. The van der Waals surface area contributed by atoms with Crippen LogP contribution in [-0.2, 0) is 4.79 Å². The Kier molecular flexibility index (Phi) is 2.41. The smallest absolute Gasteiger partial charge is 0.227 e. The Morgan fingerprint density at radius 2 is 2.00 bits per heavy atom. The predicted molar refractivity (Wildman–Crippen MR) is 35.1 cm³/mol. The zero-order valence-corrected chi connectivity index (χ0v) is 5.37. The number of amides is 1. The van der Waals surface area contributed by atoms with Crippen LogP contribution in [0.15, 0.2) is 0 Å². The van der Waals surface area contributed by atoms with Crippen molar-refractivity contribution in [3.8, 4) is 0 Å². The van der Waals surface area contributed by atoms with Crippen LogP contribution in [0.2, 0.25) is 0 Å². The molecule has 0 rings (SSSR count). The molecule has 4 heteroatoms. The van der Waals surface area contributed by atoms with Gasteiger partial charge in [0.1, 0.15) is 0 Å². The summed E-state index contributed by atoms with van der Waals surface area (Å²) in [5, 5.41) is 0. The van der Waals surface area contributed by atoms with Crippen molar-refractivity contribution >= 4 is 23.1 Å². The van der Waals surface area contributed by atoms with Crippen LogP contribution in [0.25, 0.3) is 0 Å². The van der Waals surface area contributed by atoms with Gasteiger partial charge in [-0.05, 0) is 6.92 Å². The van der Waals surface area contributed by atoms with E-state index in [1.54, 1.807) is 6.92 Å². The van der Waals surface area contributed by atoms with Crippen molar-refractivity contribution in [2.45, 2.75) is 6.92 Å². The van der Waals surface area contributed by atoms with Crippen molar-refractivity contribution < 1.29 is 4.79 Å². The summed E-state index contributed by atoms with van der Waals surface area (Å²) < 4.78 is 0. The monoisotopic (exact) mass is 132 g/mol. The third kappa shape index (κ3) is 1.88. The van der Waals surface area contributed by atoms with Gasteiger partial charge in [0.2, 0.25) is 5.91 Å². The number of nitrogens with two attached hydrogens (primary N) is 2. The molecule has 0 aliphatic heterocycles. The second-order valence-corrected chi connectivity index (χ2v) is 2.00. The molecule has 0 bridgehead atoms. The minimum Gasteiger partial charge on any atom is -0.393 e. The number of thiocarbonyl (C=S) groups is 1. The van der Waals surface area contributed by atoms with Crippen LogP contribution in [0, 0.1) is 5.92 Å². The highest BCUT2D eigenvalue weighted by molar-refractivity contribution is 7.80. The lowest BCUT2D eigenvalue weighted by atomic mass is 10.2. The highest BCUT2D eigenvalue weighted by Gasteiger charge is 2.09. The molecule has 0 aliphatic carbocycles. The SMILES string of the molecule is CC(C(N)=O)C(N)=S. The number of carbonyl (C=O) groups excluding carboxylic acids is 1. The zero-order valence-electron chi connectivity index (χ0n) is 4.55. The molecule has 0 radical (unpaired) electrons. The summed E-state index contributed by atoms with van der Waals surface area (Å²) in [7, 11) is 0. The molecule has 4 N–H and O–H groups in total. The maximum Gasteiger partial charge on any atom is 0.227 e. The van der Waals surface area contributed by atoms with Gasteiger partial charge >= 0.3 is 0 Å². The molecule has 0 aromatic heterocycles. The minimum absolute atomic E-state index is 0.150. The molecule has 3 nitrogen and oxygen atoms in total. The molecular formula is C4H8N2OS. The molecule has 46 valence electrons. The lowest BCUT2D eigenvalue weighted by molar-refractivity contribution is -0.119. The van der Waals surface area contributed by atoms with Crippen molar-refractivity contribution in [1.82, 2.24) is 0 Å². The topological polar surface area (TPSA) is 69.1 Å². The Hall–Kier alpha value is -0.640. The van der Waals surface area contributed by atoms with E-state index in [0.717, 1.165) is 0 Å². The van der Waals surface area contributed by atoms with E-state index in [1.165, 1.54) is 0 Å². The first-order valence-corrected chi connectivity index (χ1v) is 2.55. The van der Waals surface area contributed by atoms with Crippen LogP contribution in [0.4, 0.5) is 0 Å². The molecule has 0 spiro atoms. The van der Waals surface area contributed by atoms with Crippen LogP contribution in [0.3, 0.4) is 0 Å². The molecule has 1 atom stereocenters. The van der Waals surface area contributed by atoms with Gasteiger partial charge in [-0.15, -0.1) is 0 Å². The van der Waals surface area contributed by atoms with Crippen molar-refractivity contribution in [2.24, 2.45) is 17.4 Å². The van der Waals surface area contributed by atoms with E-state index in [-0.39, 0.29) is 4.99 Å². The van der Waals surface area contributed by atoms with Gasteiger partial charge in [0, 0.05) is 0 Å². The Morgan fingerprint density at radius 1 is 1.62 bits per heavy atom. The van der Waals surface area contributed by atoms with Gasteiger partial charge in [-0.1, -0.05) is 12.2 Å². The van der Waals surface area contributed by atoms with Crippen molar-refractivity contribution in [3.63, 3.8) is 0 Å². The van der Waals surface area contributed by atoms with E-state index < -0.39 is 11.8 Å². The van der Waals surface area contributed by atoms with E-state index >= 15 is 0 Å². The van der Waals surface area contributed by atoms with Crippen molar-refractivity contribution in [2.75, 3.05) is 0 Å². The minimum atomic E-state index is -0.481. The standard InChI is InChI=1S/C4H8N2OS/c1-2(3(5)7)4(6)8/h2H,1H3,(H2,5,7)(H2,6,8). The third-order valence-corrected chi connectivity index (χ3v) is 1.21. The second-order valence-electron chi connectivity index (χ2n) is 1.53. The number of hydrogen-bond acceptors (Lipinski definition) is 2. The van der Waals surface area contributed by atoms with E-state index in [2.05, 4.69) is 12.2 Å². The fraction of sp³-hybridized carbons (Fsp3) is 0.500. The van der Waals surface area contributed by atoms with Crippen LogP contribution in [0.5, 0.6) is 0 Å². The quantitative estimate of drug-likeness (QED) is 0.493. The molecular weight excluding hydrogens is 124 g/mol. The van der Waals surface area contributed by atoms with Gasteiger partial charge in [0.25, 0.3) is 0 Å². The first-order valence-electron chi connectivity index (χ1n) is 2.14. The lowest BCUT2D eigenvalue weighted by Gasteiger charge is -2.00. The summed E-state index contributed by atoms with van der Waals surface area (Å²) in [4.78, 5) is 10.3. The largest absolute Gasteiger partial charge is 0.393 e. The zero-order chi connectivity index (χ0) is 6.73. The van der Waals surface area contributed by atoms with Crippen molar-refractivity contribution in [3.05, 3.63) is 0 Å². The lowest BCUT2D eigenvalue weighted by Crippen LogP contribution is -2.31. The fourth-order valence-electron chi connectivity index (χ4n) is 0.140. The molecule has 0 heterocycles. The average Bonchev–Trinajstić information content (AvgIpc) is 1.64. The fourth-order valence-corrected chi connectivity index (χ4v) is 0.256. The normalized spacial score (nSPS) is 12.6. The average molecular weight is 132 g/mol. The summed E-state index contributed by atoms with van der Waals surface area (Å²) in [5.74, 6) is -0.956. The predicted octanol–water partition coefficient (Wildman–Crippen LogP) is -0.606. The van der Waals surface area contributed by atoms with Gasteiger partial charge in [-0.3, -0.25) is 4.79 Å². The number of carbonyl (C=O) groups is 1. The first-order chi connectivity index (χ1) is 3.55. The van der Waals surface area contributed by atoms with E-state index in [4.69, 9.17) is 11.5 Å². The van der Waals surface area contributed by atoms with E-state index in [9.17, 15) is 4.79 Å². The van der Waals surface area contributed by atoms with E-state index in [0.29, 0.717) is 0 Å². The van der Waals surface area contributed by atoms with Gasteiger partial charge in [0.05, 0.1) is 10.9 Å². The van der Waals surface area contributed by atoms with Gasteiger partial charge in [0.15, 0.2) is 0 Å². The van der Waals surface area contributed by atoms with Gasteiger partial charge in [-0.25, -0.2) is 0 Å². The summed E-state index contributed by atoms with van der Waals surface area (Å²) >= 11 is 4.47. The molecule has 0 fully saturated rings. The van der Waals surface area contributed by atoms with Crippen LogP contribution < -0.4 is 11.5 Å². The Labute approximate surface area is 53.0 Å². The van der Waals surface area contributed by atoms with E-state index in [1.807, 2.05) is 0 Å². The number of primary amides is 1. The van der Waals surface area contributed by atoms with Crippen LogP contribution in [-0.4, -0.2) is 10.9 Å². The maximum atomic E-state index is 10.2. The first kappa shape index (κ1) is 7.36. The third-order valence-electron chi connectivity index (χ3n) is 0.854.